The quantitative estimate of drug-likeness (QED) is 0.595. The first-order valence-corrected chi connectivity index (χ1v) is 10.1. The molecule has 1 saturated heterocycles. The van der Waals surface area contributed by atoms with Crippen LogP contribution >= 0.6 is 23.2 Å². The highest BCUT2D eigenvalue weighted by Gasteiger charge is 2.42. The van der Waals surface area contributed by atoms with Crippen LogP contribution in [0.4, 0.5) is 0 Å². The highest BCUT2D eigenvalue weighted by molar-refractivity contribution is 6.32. The Morgan fingerprint density at radius 2 is 1.37 bits per heavy atom. The first kappa shape index (κ1) is 22.8. The molecule has 30 heavy (non-hydrogen) atoms. The van der Waals surface area contributed by atoms with E-state index >= 15 is 0 Å². The van der Waals surface area contributed by atoms with Gasteiger partial charge in [-0.15, -0.1) is 0 Å². The summed E-state index contributed by atoms with van der Waals surface area (Å²) in [7, 11) is 3.10. The normalized spacial score (nSPS) is 23.3. The van der Waals surface area contributed by atoms with Crippen LogP contribution in [0.2, 0.25) is 10.0 Å². The van der Waals surface area contributed by atoms with Crippen LogP contribution in [0.5, 0.6) is 23.0 Å². The molecule has 1 heterocycles. The van der Waals surface area contributed by atoms with E-state index < -0.39 is 24.4 Å². The van der Waals surface area contributed by atoms with Crippen LogP contribution in [0, 0.1) is 0 Å². The van der Waals surface area contributed by atoms with Crippen molar-refractivity contribution < 1.29 is 33.9 Å². The second kappa shape index (κ2) is 10.4. The molecule has 2 N–H and O–H groups in total. The van der Waals surface area contributed by atoms with Gasteiger partial charge in [0.15, 0.2) is 0 Å². The standard InChI is InChI=1S/C21H24Cl2O7/c1-26-12-3-5-16(14(22)9-12)28-8-7-18-20(24)21(25)19(30-18)11-29-17-6-4-13(27-2)10-15(17)23/h3-6,9-10,18-21,24-25H,7-8,11H2,1-2H3/t18?,19-,20+,21-/m1/s1. The molecule has 0 amide bonds. The molecule has 3 rings (SSSR count). The van der Waals surface area contributed by atoms with E-state index in [9.17, 15) is 10.2 Å². The van der Waals surface area contributed by atoms with Gasteiger partial charge in [-0.1, -0.05) is 23.2 Å². The molecule has 9 heteroatoms. The molecule has 7 nitrogen and oxygen atoms in total. The number of aliphatic hydroxyl groups excluding tert-OH is 2. The lowest BCUT2D eigenvalue weighted by atomic mass is 10.1. The van der Waals surface area contributed by atoms with Crippen molar-refractivity contribution in [3.63, 3.8) is 0 Å². The molecule has 164 valence electrons. The topological polar surface area (TPSA) is 86.6 Å². The third-order valence-corrected chi connectivity index (χ3v) is 5.39. The second-order valence-corrected chi connectivity index (χ2v) is 7.55. The third kappa shape index (κ3) is 5.42. The number of halogens is 2. The van der Waals surface area contributed by atoms with Gasteiger partial charge in [-0.3, -0.25) is 0 Å². The summed E-state index contributed by atoms with van der Waals surface area (Å²) in [5, 5.41) is 21.4. The molecule has 0 spiro atoms. The number of aliphatic hydroxyl groups is 2. The Morgan fingerprint density at radius 3 is 1.90 bits per heavy atom. The molecule has 1 unspecified atom stereocenters. The lowest BCUT2D eigenvalue weighted by Gasteiger charge is -2.16. The molecule has 2 aromatic rings. The molecule has 1 fully saturated rings. The van der Waals surface area contributed by atoms with E-state index in [0.29, 0.717) is 39.5 Å². The number of hydrogen-bond acceptors (Lipinski definition) is 7. The third-order valence-electron chi connectivity index (χ3n) is 4.80. The molecule has 0 aliphatic carbocycles. The zero-order valence-electron chi connectivity index (χ0n) is 16.6. The summed E-state index contributed by atoms with van der Waals surface area (Å²) in [6.45, 7) is 0.282. The molecular weight excluding hydrogens is 435 g/mol. The predicted molar refractivity (Wildman–Crippen MR) is 112 cm³/mol. The van der Waals surface area contributed by atoms with E-state index in [-0.39, 0.29) is 13.2 Å². The summed E-state index contributed by atoms with van der Waals surface area (Å²) < 4.78 is 27.3. The maximum atomic E-state index is 10.3. The molecular formula is C21H24Cl2O7. The zero-order chi connectivity index (χ0) is 21.7. The molecule has 0 radical (unpaired) electrons. The Bertz CT molecular complexity index is 848. The number of rotatable bonds is 9. The first-order chi connectivity index (χ1) is 14.4. The minimum atomic E-state index is -1.09. The number of methoxy groups -OCH3 is 2. The molecule has 0 bridgehead atoms. The van der Waals surface area contributed by atoms with Crippen LogP contribution in [-0.2, 0) is 4.74 Å². The van der Waals surface area contributed by atoms with Gasteiger partial charge in [-0.05, 0) is 24.3 Å². The van der Waals surface area contributed by atoms with Gasteiger partial charge in [0.1, 0.15) is 47.9 Å². The first-order valence-electron chi connectivity index (χ1n) is 9.37. The van der Waals surface area contributed by atoms with Crippen LogP contribution in [0.1, 0.15) is 6.42 Å². The Labute approximate surface area is 185 Å². The Balaban J connectivity index is 1.50. The average molecular weight is 459 g/mol. The van der Waals surface area contributed by atoms with Crippen molar-refractivity contribution in [2.75, 3.05) is 27.4 Å². The molecule has 4 atom stereocenters. The summed E-state index contributed by atoms with van der Waals surface area (Å²) in [5.41, 5.74) is 0. The van der Waals surface area contributed by atoms with E-state index in [4.69, 9.17) is 46.9 Å². The van der Waals surface area contributed by atoms with Gasteiger partial charge in [0.05, 0.1) is 37.0 Å². The highest BCUT2D eigenvalue weighted by atomic mass is 35.5. The van der Waals surface area contributed by atoms with Crippen molar-refractivity contribution in [2.24, 2.45) is 0 Å². The van der Waals surface area contributed by atoms with Gasteiger partial charge < -0.3 is 33.9 Å². The van der Waals surface area contributed by atoms with Crippen LogP contribution in [0.15, 0.2) is 36.4 Å². The minimum Gasteiger partial charge on any atom is -0.497 e. The van der Waals surface area contributed by atoms with Crippen LogP contribution in [0.25, 0.3) is 0 Å². The number of ether oxygens (including phenoxy) is 5. The van der Waals surface area contributed by atoms with Gasteiger partial charge in [0.25, 0.3) is 0 Å². The van der Waals surface area contributed by atoms with Crippen molar-refractivity contribution in [3.05, 3.63) is 46.4 Å². The fourth-order valence-electron chi connectivity index (χ4n) is 3.11. The van der Waals surface area contributed by atoms with Crippen molar-refractivity contribution in [3.8, 4) is 23.0 Å². The molecule has 0 saturated carbocycles. The Hall–Kier alpha value is -1.90. The SMILES string of the molecule is COc1ccc(OCCC2O[C@H](COc3ccc(OC)cc3Cl)[C@@H](O)[C@H]2O)c(Cl)c1. The highest BCUT2D eigenvalue weighted by Crippen LogP contribution is 2.31. The van der Waals surface area contributed by atoms with E-state index in [1.807, 2.05) is 0 Å². The fraction of sp³-hybridized carbons (Fsp3) is 0.429. The number of benzene rings is 2. The van der Waals surface area contributed by atoms with Gasteiger partial charge in [-0.2, -0.15) is 0 Å². The molecule has 1 aliphatic heterocycles. The smallest absolute Gasteiger partial charge is 0.138 e. The zero-order valence-corrected chi connectivity index (χ0v) is 18.1. The fourth-order valence-corrected chi connectivity index (χ4v) is 3.56. The van der Waals surface area contributed by atoms with Gasteiger partial charge in [-0.25, -0.2) is 0 Å². The number of hydrogen-bond donors (Lipinski definition) is 2. The second-order valence-electron chi connectivity index (χ2n) is 6.74. The average Bonchev–Trinajstić information content (AvgIpc) is 3.01. The summed E-state index contributed by atoms with van der Waals surface area (Å²) in [6.07, 6.45) is -3.08. The molecule has 2 aromatic carbocycles. The lowest BCUT2D eigenvalue weighted by Crippen LogP contribution is -2.35. The summed E-state index contributed by atoms with van der Waals surface area (Å²) in [4.78, 5) is 0. The molecule has 0 aromatic heterocycles. The van der Waals surface area contributed by atoms with Crippen LogP contribution in [0.3, 0.4) is 0 Å². The Morgan fingerprint density at radius 1 is 0.833 bits per heavy atom. The molecule has 1 aliphatic rings. The van der Waals surface area contributed by atoms with Gasteiger partial charge in [0.2, 0.25) is 0 Å². The maximum absolute atomic E-state index is 10.3. The van der Waals surface area contributed by atoms with Crippen molar-refractivity contribution in [1.82, 2.24) is 0 Å². The lowest BCUT2D eigenvalue weighted by molar-refractivity contribution is -0.0218. The van der Waals surface area contributed by atoms with E-state index in [2.05, 4.69) is 0 Å². The maximum Gasteiger partial charge on any atom is 0.138 e. The van der Waals surface area contributed by atoms with Crippen molar-refractivity contribution in [1.29, 1.82) is 0 Å². The van der Waals surface area contributed by atoms with Crippen molar-refractivity contribution in [2.45, 2.75) is 30.8 Å². The minimum absolute atomic E-state index is 0.0337. The van der Waals surface area contributed by atoms with Crippen LogP contribution in [-0.4, -0.2) is 62.1 Å². The van der Waals surface area contributed by atoms with Crippen molar-refractivity contribution >= 4 is 23.2 Å². The monoisotopic (exact) mass is 458 g/mol. The van der Waals surface area contributed by atoms with Gasteiger partial charge in [0, 0.05) is 18.6 Å². The van der Waals surface area contributed by atoms with Crippen LogP contribution < -0.4 is 18.9 Å². The Kier molecular flexibility index (Phi) is 7.91. The summed E-state index contributed by atoms with van der Waals surface area (Å²) in [6, 6.07) is 10.1. The predicted octanol–water partition coefficient (Wildman–Crippen LogP) is 3.35. The summed E-state index contributed by atoms with van der Waals surface area (Å²) >= 11 is 12.3. The largest absolute Gasteiger partial charge is 0.497 e. The van der Waals surface area contributed by atoms with E-state index in [1.54, 1.807) is 50.6 Å². The van der Waals surface area contributed by atoms with Gasteiger partial charge >= 0.3 is 0 Å². The summed E-state index contributed by atoms with van der Waals surface area (Å²) in [5.74, 6) is 2.17. The van der Waals surface area contributed by atoms with E-state index in [0.717, 1.165) is 0 Å². The van der Waals surface area contributed by atoms with E-state index in [1.165, 1.54) is 0 Å².